The SMILES string of the molecule is Cc1ccc(Br)cc1NC(=O)CC1CCNC1. The average Bonchev–Trinajstić information content (AvgIpc) is 2.76. The van der Waals surface area contributed by atoms with Crippen LogP contribution >= 0.6 is 15.9 Å². The van der Waals surface area contributed by atoms with Gasteiger partial charge in [0.1, 0.15) is 0 Å². The Hall–Kier alpha value is -0.870. The van der Waals surface area contributed by atoms with E-state index < -0.39 is 0 Å². The van der Waals surface area contributed by atoms with Gasteiger partial charge in [-0.1, -0.05) is 22.0 Å². The van der Waals surface area contributed by atoms with Gasteiger partial charge in [0, 0.05) is 16.6 Å². The molecule has 3 nitrogen and oxygen atoms in total. The van der Waals surface area contributed by atoms with E-state index in [9.17, 15) is 4.79 Å². The molecule has 17 heavy (non-hydrogen) atoms. The molecule has 1 fully saturated rings. The number of carbonyl (C=O) groups excluding carboxylic acids is 1. The van der Waals surface area contributed by atoms with Gasteiger partial charge in [0.25, 0.3) is 0 Å². The molecule has 92 valence electrons. The molecule has 0 aromatic heterocycles. The Kier molecular flexibility index (Phi) is 4.18. The Bertz CT molecular complexity index is 414. The molecule has 0 saturated carbocycles. The van der Waals surface area contributed by atoms with Crippen molar-refractivity contribution in [3.63, 3.8) is 0 Å². The topological polar surface area (TPSA) is 41.1 Å². The summed E-state index contributed by atoms with van der Waals surface area (Å²) >= 11 is 3.41. The molecule has 1 amide bonds. The lowest BCUT2D eigenvalue weighted by molar-refractivity contribution is -0.116. The van der Waals surface area contributed by atoms with E-state index in [1.165, 1.54) is 0 Å². The standard InChI is InChI=1S/C13H17BrN2O/c1-9-2-3-11(14)7-12(9)16-13(17)6-10-4-5-15-8-10/h2-3,7,10,15H,4-6,8H2,1H3,(H,16,17). The van der Waals surface area contributed by atoms with E-state index in [0.717, 1.165) is 35.2 Å². The maximum atomic E-state index is 11.9. The van der Waals surface area contributed by atoms with Crippen molar-refractivity contribution in [2.45, 2.75) is 19.8 Å². The zero-order valence-corrected chi connectivity index (χ0v) is 11.5. The fourth-order valence-electron chi connectivity index (χ4n) is 2.08. The number of hydrogen-bond donors (Lipinski definition) is 2. The monoisotopic (exact) mass is 296 g/mol. The number of benzene rings is 1. The molecule has 2 rings (SSSR count). The average molecular weight is 297 g/mol. The minimum atomic E-state index is 0.111. The largest absolute Gasteiger partial charge is 0.326 e. The number of rotatable bonds is 3. The van der Waals surface area contributed by atoms with Crippen LogP contribution in [0.5, 0.6) is 0 Å². The number of anilines is 1. The number of carbonyl (C=O) groups is 1. The Balaban J connectivity index is 1.95. The van der Waals surface area contributed by atoms with Crippen LogP contribution in [0, 0.1) is 12.8 Å². The van der Waals surface area contributed by atoms with Gasteiger partial charge in [0.2, 0.25) is 5.91 Å². The van der Waals surface area contributed by atoms with Crippen LogP contribution in [0.4, 0.5) is 5.69 Å². The summed E-state index contributed by atoms with van der Waals surface area (Å²) in [6, 6.07) is 5.92. The van der Waals surface area contributed by atoms with Gasteiger partial charge < -0.3 is 10.6 Å². The van der Waals surface area contributed by atoms with Crippen molar-refractivity contribution in [3.05, 3.63) is 28.2 Å². The molecular weight excluding hydrogens is 280 g/mol. The maximum absolute atomic E-state index is 11.9. The predicted octanol–water partition coefficient (Wildman–Crippen LogP) is 2.70. The highest BCUT2D eigenvalue weighted by Crippen LogP contribution is 2.21. The maximum Gasteiger partial charge on any atom is 0.224 e. The van der Waals surface area contributed by atoms with Crippen LogP contribution in [0.3, 0.4) is 0 Å². The summed E-state index contributed by atoms with van der Waals surface area (Å²) < 4.78 is 0.987. The second kappa shape index (κ2) is 5.65. The highest BCUT2D eigenvalue weighted by molar-refractivity contribution is 9.10. The van der Waals surface area contributed by atoms with Gasteiger partial charge in [-0.05, 0) is 50.0 Å². The van der Waals surface area contributed by atoms with E-state index in [4.69, 9.17) is 0 Å². The number of halogens is 1. The highest BCUT2D eigenvalue weighted by Gasteiger charge is 2.18. The zero-order chi connectivity index (χ0) is 12.3. The van der Waals surface area contributed by atoms with Gasteiger partial charge in [-0.15, -0.1) is 0 Å². The molecule has 0 aliphatic carbocycles. The molecule has 2 N–H and O–H groups in total. The summed E-state index contributed by atoms with van der Waals surface area (Å²) in [5.41, 5.74) is 1.99. The summed E-state index contributed by atoms with van der Waals surface area (Å²) in [6.45, 7) is 4.00. The fourth-order valence-corrected chi connectivity index (χ4v) is 2.44. The first-order chi connectivity index (χ1) is 8.15. The van der Waals surface area contributed by atoms with E-state index in [2.05, 4.69) is 26.6 Å². The molecular formula is C13H17BrN2O. The highest BCUT2D eigenvalue weighted by atomic mass is 79.9. The molecule has 1 aromatic carbocycles. The number of aryl methyl sites for hydroxylation is 1. The molecule has 0 spiro atoms. The van der Waals surface area contributed by atoms with E-state index in [1.54, 1.807) is 0 Å². The summed E-state index contributed by atoms with van der Waals surface area (Å²) in [5, 5.41) is 6.26. The molecule has 0 radical (unpaired) electrons. The Morgan fingerprint density at radius 2 is 2.41 bits per heavy atom. The van der Waals surface area contributed by atoms with Crippen molar-refractivity contribution in [1.29, 1.82) is 0 Å². The third-order valence-corrected chi connectivity index (χ3v) is 3.60. The first-order valence-electron chi connectivity index (χ1n) is 5.92. The second-order valence-corrected chi connectivity index (χ2v) is 5.49. The van der Waals surface area contributed by atoms with E-state index in [-0.39, 0.29) is 5.91 Å². The summed E-state index contributed by atoms with van der Waals surface area (Å²) in [7, 11) is 0. The molecule has 1 aliphatic rings. The predicted molar refractivity (Wildman–Crippen MR) is 73.1 cm³/mol. The van der Waals surface area contributed by atoms with Crippen LogP contribution in [-0.4, -0.2) is 19.0 Å². The summed E-state index contributed by atoms with van der Waals surface area (Å²) in [4.78, 5) is 11.9. The van der Waals surface area contributed by atoms with Gasteiger partial charge in [-0.25, -0.2) is 0 Å². The first-order valence-corrected chi connectivity index (χ1v) is 6.71. The molecule has 1 saturated heterocycles. The lowest BCUT2D eigenvalue weighted by Crippen LogP contribution is -2.18. The van der Waals surface area contributed by atoms with Crippen LogP contribution < -0.4 is 10.6 Å². The summed E-state index contributed by atoms with van der Waals surface area (Å²) in [5.74, 6) is 0.599. The molecule has 1 unspecified atom stereocenters. The van der Waals surface area contributed by atoms with Crippen molar-refractivity contribution in [2.24, 2.45) is 5.92 Å². The molecule has 1 atom stereocenters. The summed E-state index contributed by atoms with van der Waals surface area (Å²) in [6.07, 6.45) is 1.71. The van der Waals surface area contributed by atoms with E-state index >= 15 is 0 Å². The lowest BCUT2D eigenvalue weighted by atomic mass is 10.0. The smallest absolute Gasteiger partial charge is 0.224 e. The lowest BCUT2D eigenvalue weighted by Gasteiger charge is -2.11. The van der Waals surface area contributed by atoms with Crippen LogP contribution in [0.25, 0.3) is 0 Å². The molecule has 1 aliphatic heterocycles. The van der Waals surface area contributed by atoms with Crippen molar-refractivity contribution < 1.29 is 4.79 Å². The van der Waals surface area contributed by atoms with Gasteiger partial charge in [0.05, 0.1) is 0 Å². The van der Waals surface area contributed by atoms with E-state index in [0.29, 0.717) is 12.3 Å². The van der Waals surface area contributed by atoms with Crippen LogP contribution in [0.15, 0.2) is 22.7 Å². The second-order valence-electron chi connectivity index (χ2n) is 4.57. The molecule has 1 aromatic rings. The quantitative estimate of drug-likeness (QED) is 0.900. The van der Waals surface area contributed by atoms with Crippen LogP contribution in [-0.2, 0) is 4.79 Å². The Morgan fingerprint density at radius 3 is 3.12 bits per heavy atom. The van der Waals surface area contributed by atoms with Crippen molar-refractivity contribution in [3.8, 4) is 0 Å². The van der Waals surface area contributed by atoms with Gasteiger partial charge in [-0.2, -0.15) is 0 Å². The third-order valence-electron chi connectivity index (χ3n) is 3.11. The number of hydrogen-bond acceptors (Lipinski definition) is 2. The first kappa shape index (κ1) is 12.6. The Labute approximate surface area is 110 Å². The van der Waals surface area contributed by atoms with Gasteiger partial charge >= 0.3 is 0 Å². The van der Waals surface area contributed by atoms with Crippen molar-refractivity contribution in [1.82, 2.24) is 5.32 Å². The van der Waals surface area contributed by atoms with Crippen molar-refractivity contribution >= 4 is 27.5 Å². The number of amides is 1. The van der Waals surface area contributed by atoms with E-state index in [1.807, 2.05) is 25.1 Å². The van der Waals surface area contributed by atoms with Crippen LogP contribution in [0.2, 0.25) is 0 Å². The van der Waals surface area contributed by atoms with Gasteiger partial charge in [0.15, 0.2) is 0 Å². The molecule has 1 heterocycles. The van der Waals surface area contributed by atoms with Crippen LogP contribution in [0.1, 0.15) is 18.4 Å². The zero-order valence-electron chi connectivity index (χ0n) is 9.92. The van der Waals surface area contributed by atoms with Gasteiger partial charge in [-0.3, -0.25) is 4.79 Å². The minimum absolute atomic E-state index is 0.111. The van der Waals surface area contributed by atoms with Crippen molar-refractivity contribution in [2.75, 3.05) is 18.4 Å². The minimum Gasteiger partial charge on any atom is -0.326 e. The number of nitrogens with one attached hydrogen (secondary N) is 2. The fraction of sp³-hybridized carbons (Fsp3) is 0.462. The Morgan fingerprint density at radius 1 is 1.59 bits per heavy atom. The normalized spacial score (nSPS) is 19.3. The third kappa shape index (κ3) is 3.54. The molecule has 4 heteroatoms. The molecule has 0 bridgehead atoms.